The standard InChI is InChI=1S/C22H30O4/c1-6-25-22(23)13-11-19-10-12-20(21(16-19)24-5)26-15-14-18(4)9-7-8-17(2)3/h8,10-14,16H,6-7,9,15H2,1-5H3/b13-11+,18-14+. The summed E-state index contributed by atoms with van der Waals surface area (Å²) in [6.45, 7) is 8.97. The summed E-state index contributed by atoms with van der Waals surface area (Å²) in [5.74, 6) is 0.946. The Hall–Kier alpha value is -2.49. The summed E-state index contributed by atoms with van der Waals surface area (Å²) in [6, 6.07) is 5.55. The van der Waals surface area contributed by atoms with E-state index < -0.39 is 0 Å². The van der Waals surface area contributed by atoms with Gasteiger partial charge in [0, 0.05) is 6.08 Å². The van der Waals surface area contributed by atoms with E-state index >= 15 is 0 Å². The van der Waals surface area contributed by atoms with Crippen molar-refractivity contribution >= 4 is 12.0 Å². The number of allylic oxidation sites excluding steroid dienone is 3. The van der Waals surface area contributed by atoms with Crippen molar-refractivity contribution in [3.63, 3.8) is 0 Å². The van der Waals surface area contributed by atoms with Gasteiger partial charge in [-0.25, -0.2) is 4.79 Å². The van der Waals surface area contributed by atoms with E-state index in [1.165, 1.54) is 17.2 Å². The van der Waals surface area contributed by atoms with E-state index in [-0.39, 0.29) is 5.97 Å². The summed E-state index contributed by atoms with van der Waals surface area (Å²) < 4.78 is 16.1. The summed E-state index contributed by atoms with van der Waals surface area (Å²) in [5, 5.41) is 0. The van der Waals surface area contributed by atoms with E-state index in [2.05, 4.69) is 32.9 Å². The van der Waals surface area contributed by atoms with E-state index in [1.807, 2.05) is 18.2 Å². The normalized spacial score (nSPS) is 11.3. The maximum atomic E-state index is 11.4. The minimum absolute atomic E-state index is 0.361. The first-order chi connectivity index (χ1) is 12.5. The maximum Gasteiger partial charge on any atom is 0.330 e. The first kappa shape index (κ1) is 21.6. The van der Waals surface area contributed by atoms with Crippen LogP contribution >= 0.6 is 0 Å². The molecule has 1 aromatic rings. The van der Waals surface area contributed by atoms with Crippen molar-refractivity contribution in [3.05, 3.63) is 53.1 Å². The SMILES string of the molecule is CCOC(=O)/C=C/c1ccc(OC/C=C(\C)CCC=C(C)C)c(OC)c1. The van der Waals surface area contributed by atoms with E-state index in [9.17, 15) is 4.79 Å². The Morgan fingerprint density at radius 3 is 2.54 bits per heavy atom. The molecule has 1 rings (SSSR count). The van der Waals surface area contributed by atoms with E-state index in [0.29, 0.717) is 24.7 Å². The van der Waals surface area contributed by atoms with Crippen molar-refractivity contribution in [2.45, 2.75) is 40.5 Å². The molecule has 0 aliphatic carbocycles. The zero-order valence-electron chi connectivity index (χ0n) is 16.5. The largest absolute Gasteiger partial charge is 0.493 e. The van der Waals surface area contributed by atoms with Gasteiger partial charge in [-0.1, -0.05) is 23.3 Å². The zero-order chi connectivity index (χ0) is 19.4. The molecule has 0 N–H and O–H groups in total. The average Bonchev–Trinajstić information content (AvgIpc) is 2.60. The Morgan fingerprint density at radius 1 is 1.12 bits per heavy atom. The highest BCUT2D eigenvalue weighted by Gasteiger charge is 2.05. The average molecular weight is 358 g/mol. The van der Waals surface area contributed by atoms with E-state index in [4.69, 9.17) is 14.2 Å². The number of rotatable bonds is 10. The van der Waals surface area contributed by atoms with Crippen molar-refractivity contribution in [2.75, 3.05) is 20.3 Å². The molecule has 0 bridgehead atoms. The van der Waals surface area contributed by atoms with Crippen LogP contribution in [0.4, 0.5) is 0 Å². The van der Waals surface area contributed by atoms with Gasteiger partial charge < -0.3 is 14.2 Å². The van der Waals surface area contributed by atoms with Gasteiger partial charge >= 0.3 is 5.97 Å². The topological polar surface area (TPSA) is 44.8 Å². The molecule has 26 heavy (non-hydrogen) atoms. The summed E-state index contributed by atoms with van der Waals surface area (Å²) in [6.07, 6.45) is 9.50. The lowest BCUT2D eigenvalue weighted by atomic mass is 10.1. The van der Waals surface area contributed by atoms with Crippen LogP contribution < -0.4 is 9.47 Å². The quantitative estimate of drug-likeness (QED) is 0.322. The Labute approximate surface area is 157 Å². The second kappa shape index (κ2) is 12.0. The van der Waals surface area contributed by atoms with Crippen LogP contribution in [0.3, 0.4) is 0 Å². The van der Waals surface area contributed by atoms with Crippen molar-refractivity contribution in [3.8, 4) is 11.5 Å². The van der Waals surface area contributed by atoms with E-state index in [1.54, 1.807) is 20.1 Å². The van der Waals surface area contributed by atoms with Gasteiger partial charge in [0.15, 0.2) is 11.5 Å². The zero-order valence-corrected chi connectivity index (χ0v) is 16.5. The Morgan fingerprint density at radius 2 is 1.88 bits per heavy atom. The van der Waals surface area contributed by atoms with Crippen LogP contribution in [0.2, 0.25) is 0 Å². The Balaban J connectivity index is 2.64. The lowest BCUT2D eigenvalue weighted by Gasteiger charge is -2.10. The highest BCUT2D eigenvalue weighted by molar-refractivity contribution is 5.87. The molecule has 0 saturated heterocycles. The molecule has 0 spiro atoms. The molecule has 4 nitrogen and oxygen atoms in total. The summed E-state index contributed by atoms with van der Waals surface area (Å²) in [7, 11) is 1.60. The van der Waals surface area contributed by atoms with Gasteiger partial charge in [-0.15, -0.1) is 0 Å². The molecule has 142 valence electrons. The molecule has 0 atom stereocenters. The summed E-state index contributed by atoms with van der Waals surface area (Å²) >= 11 is 0. The second-order valence-corrected chi connectivity index (χ2v) is 6.18. The first-order valence-corrected chi connectivity index (χ1v) is 8.91. The van der Waals surface area contributed by atoms with E-state index in [0.717, 1.165) is 18.4 Å². The molecule has 0 aliphatic rings. The fourth-order valence-electron chi connectivity index (χ4n) is 2.23. The number of esters is 1. The van der Waals surface area contributed by atoms with Gasteiger partial charge in [0.25, 0.3) is 0 Å². The molecule has 0 aromatic heterocycles. The molecule has 0 amide bonds. The van der Waals surface area contributed by atoms with Crippen LogP contribution in [0.25, 0.3) is 6.08 Å². The molecular weight excluding hydrogens is 328 g/mol. The minimum atomic E-state index is -0.361. The number of carbonyl (C=O) groups is 1. The lowest BCUT2D eigenvalue weighted by Crippen LogP contribution is -1.99. The number of ether oxygens (including phenoxy) is 3. The van der Waals surface area contributed by atoms with Crippen LogP contribution in [0.5, 0.6) is 11.5 Å². The number of methoxy groups -OCH3 is 1. The maximum absolute atomic E-state index is 11.4. The highest BCUT2D eigenvalue weighted by atomic mass is 16.5. The summed E-state index contributed by atoms with van der Waals surface area (Å²) in [5.41, 5.74) is 3.49. The molecule has 0 fully saturated rings. The first-order valence-electron chi connectivity index (χ1n) is 8.91. The van der Waals surface area contributed by atoms with Crippen LogP contribution in [0.1, 0.15) is 46.1 Å². The fourth-order valence-corrected chi connectivity index (χ4v) is 2.23. The molecule has 1 aromatic carbocycles. The summed E-state index contributed by atoms with van der Waals surface area (Å²) in [4.78, 5) is 11.4. The fraction of sp³-hybridized carbons (Fsp3) is 0.409. The third-order valence-electron chi connectivity index (χ3n) is 3.65. The molecule has 0 unspecified atom stereocenters. The van der Waals surface area contributed by atoms with Gasteiger partial charge in [0.05, 0.1) is 13.7 Å². The van der Waals surface area contributed by atoms with Crippen LogP contribution in [-0.4, -0.2) is 26.3 Å². The van der Waals surface area contributed by atoms with Gasteiger partial charge in [-0.3, -0.25) is 0 Å². The third-order valence-corrected chi connectivity index (χ3v) is 3.65. The van der Waals surface area contributed by atoms with Crippen LogP contribution in [0, 0.1) is 0 Å². The molecule has 0 radical (unpaired) electrons. The van der Waals surface area contributed by atoms with Gasteiger partial charge in [-0.05, 0) is 70.4 Å². The van der Waals surface area contributed by atoms with Crippen molar-refractivity contribution in [1.82, 2.24) is 0 Å². The number of carbonyl (C=O) groups excluding carboxylic acids is 1. The second-order valence-electron chi connectivity index (χ2n) is 6.18. The van der Waals surface area contributed by atoms with Gasteiger partial charge in [-0.2, -0.15) is 0 Å². The number of benzene rings is 1. The Bertz CT molecular complexity index is 665. The molecular formula is C22H30O4. The van der Waals surface area contributed by atoms with Crippen molar-refractivity contribution in [1.29, 1.82) is 0 Å². The number of hydrogen-bond acceptors (Lipinski definition) is 4. The molecule has 0 aliphatic heterocycles. The van der Waals surface area contributed by atoms with Gasteiger partial charge in [0.1, 0.15) is 6.61 Å². The predicted molar refractivity (Wildman–Crippen MR) is 107 cm³/mol. The molecule has 0 saturated carbocycles. The molecule has 4 heteroatoms. The number of hydrogen-bond donors (Lipinski definition) is 0. The highest BCUT2D eigenvalue weighted by Crippen LogP contribution is 2.28. The minimum Gasteiger partial charge on any atom is -0.493 e. The monoisotopic (exact) mass is 358 g/mol. The van der Waals surface area contributed by atoms with Gasteiger partial charge in [0.2, 0.25) is 0 Å². The van der Waals surface area contributed by atoms with Crippen LogP contribution in [-0.2, 0) is 9.53 Å². The Kier molecular flexibility index (Phi) is 9.91. The predicted octanol–water partition coefficient (Wildman–Crippen LogP) is 5.34. The lowest BCUT2D eigenvalue weighted by molar-refractivity contribution is -0.137. The van der Waals surface area contributed by atoms with Crippen molar-refractivity contribution in [2.24, 2.45) is 0 Å². The smallest absolute Gasteiger partial charge is 0.330 e. The third kappa shape index (κ3) is 8.56. The van der Waals surface area contributed by atoms with Crippen molar-refractivity contribution < 1.29 is 19.0 Å². The molecule has 0 heterocycles. The van der Waals surface area contributed by atoms with Crippen LogP contribution in [0.15, 0.2) is 47.6 Å².